The lowest BCUT2D eigenvalue weighted by molar-refractivity contribution is -0.392. The highest BCUT2D eigenvalue weighted by molar-refractivity contribution is 7.89. The zero-order valence-corrected chi connectivity index (χ0v) is 10.6. The molecule has 0 aliphatic heterocycles. The predicted octanol–water partition coefficient (Wildman–Crippen LogP) is 1.55. The molecule has 0 amide bonds. The Hall–Kier alpha value is -2.16. The van der Waals surface area contributed by atoms with Gasteiger partial charge in [0.05, 0.1) is 4.92 Å². The van der Waals surface area contributed by atoms with E-state index in [0.717, 1.165) is 0 Å². The van der Waals surface area contributed by atoms with Crippen LogP contribution >= 0.6 is 0 Å². The van der Waals surface area contributed by atoms with E-state index in [4.69, 9.17) is 0 Å². The molecule has 0 saturated heterocycles. The van der Waals surface area contributed by atoms with Crippen molar-refractivity contribution in [1.82, 2.24) is 4.98 Å². The van der Waals surface area contributed by atoms with E-state index in [-0.39, 0.29) is 6.07 Å². The number of pyridine rings is 1. The number of rotatable bonds is 3. The van der Waals surface area contributed by atoms with Crippen LogP contribution in [0.4, 0.5) is 32.0 Å². The number of nitrogens with two attached hydrogens (primary N) is 1. The second-order valence-corrected chi connectivity index (χ2v) is 5.02. The fraction of sp³-hybridized carbons (Fsp3) is 0.286. The van der Waals surface area contributed by atoms with Crippen LogP contribution in [0.1, 0.15) is 5.56 Å². The van der Waals surface area contributed by atoms with E-state index in [1.165, 1.54) is 0 Å². The van der Waals surface area contributed by atoms with Crippen LogP contribution in [-0.2, 0) is 16.2 Å². The topological polar surface area (TPSA) is 125 Å². The van der Waals surface area contributed by atoms with Gasteiger partial charge in [-0.25, -0.2) is 13.6 Å². The van der Waals surface area contributed by atoms with E-state index in [9.17, 15) is 44.9 Å². The third-order valence-corrected chi connectivity index (χ3v) is 2.72. The Morgan fingerprint density at radius 3 is 2.05 bits per heavy atom. The summed E-state index contributed by atoms with van der Waals surface area (Å²) in [5.41, 5.74) is -4.51. The van der Waals surface area contributed by atoms with Crippen LogP contribution < -0.4 is 9.88 Å². The minimum absolute atomic E-state index is 0.364. The first-order chi connectivity index (χ1) is 9.63. The molecule has 0 aliphatic rings. The highest BCUT2D eigenvalue weighted by atomic mass is 32.2. The van der Waals surface area contributed by atoms with Crippen LogP contribution in [0.15, 0.2) is 11.1 Å². The average Bonchev–Trinajstić information content (AvgIpc) is 2.22. The molecule has 22 heavy (non-hydrogen) atoms. The maximum Gasteiger partial charge on any atom is 0.574 e. The molecule has 2 N–H and O–H groups in total. The number of aromatic nitrogens is 1. The first-order valence-corrected chi connectivity index (χ1v) is 6.22. The third kappa shape index (κ3) is 4.17. The molecule has 0 aliphatic carbocycles. The summed E-state index contributed by atoms with van der Waals surface area (Å²) in [6.45, 7) is 0. The molecule has 0 fully saturated rings. The number of ether oxygens (including phenoxy) is 1. The standard InChI is InChI=1S/C7H3F6N3O5S/c8-6(9,10)2-1-3(22(14,19)20)15-5(4(2)16(17)18)21-7(11,12)13/h1H,(H2,14,19,20). The van der Waals surface area contributed by atoms with Crippen molar-refractivity contribution in [2.24, 2.45) is 5.14 Å². The predicted molar refractivity (Wildman–Crippen MR) is 53.9 cm³/mol. The molecule has 0 radical (unpaired) electrons. The Morgan fingerprint density at radius 2 is 1.73 bits per heavy atom. The number of hydrogen-bond acceptors (Lipinski definition) is 6. The van der Waals surface area contributed by atoms with Crippen LogP contribution in [0, 0.1) is 10.1 Å². The Bertz CT molecular complexity index is 713. The molecule has 1 aromatic heterocycles. The minimum Gasteiger partial charge on any atom is -0.381 e. The van der Waals surface area contributed by atoms with Gasteiger partial charge in [-0.05, 0) is 6.07 Å². The van der Waals surface area contributed by atoms with Crippen LogP contribution in [-0.4, -0.2) is 24.7 Å². The van der Waals surface area contributed by atoms with Gasteiger partial charge < -0.3 is 4.74 Å². The van der Waals surface area contributed by atoms with Crippen molar-refractivity contribution in [2.75, 3.05) is 0 Å². The Morgan fingerprint density at radius 1 is 1.23 bits per heavy atom. The second-order valence-electron chi connectivity index (χ2n) is 3.51. The van der Waals surface area contributed by atoms with Gasteiger partial charge in [-0.15, -0.1) is 13.2 Å². The molecule has 0 aromatic carbocycles. The third-order valence-electron chi connectivity index (χ3n) is 1.93. The first-order valence-electron chi connectivity index (χ1n) is 4.68. The summed E-state index contributed by atoms with van der Waals surface area (Å²) in [5.74, 6) is -2.20. The molecule has 1 heterocycles. The lowest BCUT2D eigenvalue weighted by Gasteiger charge is -2.13. The largest absolute Gasteiger partial charge is 0.574 e. The van der Waals surface area contributed by atoms with Crippen molar-refractivity contribution in [3.05, 3.63) is 21.7 Å². The highest BCUT2D eigenvalue weighted by Gasteiger charge is 2.45. The molecule has 1 rings (SSSR count). The van der Waals surface area contributed by atoms with Gasteiger partial charge in [-0.3, -0.25) is 10.1 Å². The van der Waals surface area contributed by atoms with Crippen molar-refractivity contribution >= 4 is 15.7 Å². The van der Waals surface area contributed by atoms with Crippen molar-refractivity contribution in [3.8, 4) is 5.88 Å². The fourth-order valence-electron chi connectivity index (χ4n) is 1.21. The molecule has 15 heteroatoms. The highest BCUT2D eigenvalue weighted by Crippen LogP contribution is 2.42. The number of primary sulfonamides is 1. The van der Waals surface area contributed by atoms with Crippen molar-refractivity contribution in [3.63, 3.8) is 0 Å². The van der Waals surface area contributed by atoms with Crippen LogP contribution in [0.5, 0.6) is 5.88 Å². The van der Waals surface area contributed by atoms with Gasteiger partial charge in [-0.2, -0.15) is 18.2 Å². The summed E-state index contributed by atoms with van der Waals surface area (Å²) >= 11 is 0. The molecule has 1 aromatic rings. The van der Waals surface area contributed by atoms with Gasteiger partial charge >= 0.3 is 24.1 Å². The van der Waals surface area contributed by atoms with E-state index in [1.54, 1.807) is 0 Å². The molecule has 124 valence electrons. The lowest BCUT2D eigenvalue weighted by Crippen LogP contribution is -2.23. The summed E-state index contributed by atoms with van der Waals surface area (Å²) in [5, 5.41) is 13.4. The molecular formula is C7H3F6N3O5S. The van der Waals surface area contributed by atoms with E-state index in [2.05, 4.69) is 14.9 Å². The summed E-state index contributed by atoms with van der Waals surface area (Å²) in [7, 11) is -4.99. The average molecular weight is 355 g/mol. The number of nitrogens with zero attached hydrogens (tertiary/aromatic N) is 2. The molecular weight excluding hydrogens is 352 g/mol. The summed E-state index contributed by atoms with van der Waals surface area (Å²) in [6.07, 6.45) is -11.2. The SMILES string of the molecule is NS(=O)(=O)c1cc(C(F)(F)F)c([N+](=O)[O-])c(OC(F)(F)F)n1. The number of alkyl halides is 6. The smallest absolute Gasteiger partial charge is 0.381 e. The van der Waals surface area contributed by atoms with Crippen molar-refractivity contribution in [2.45, 2.75) is 17.6 Å². The number of halogens is 6. The van der Waals surface area contributed by atoms with Gasteiger partial charge in [-0.1, -0.05) is 0 Å². The summed E-state index contributed by atoms with van der Waals surface area (Å²) in [4.78, 5) is 11.3. The van der Waals surface area contributed by atoms with Gasteiger partial charge in [0, 0.05) is 0 Å². The maximum atomic E-state index is 12.7. The van der Waals surface area contributed by atoms with Gasteiger partial charge in [0.25, 0.3) is 10.0 Å². The number of sulfonamides is 1. The maximum absolute atomic E-state index is 12.7. The Balaban J connectivity index is 3.82. The van der Waals surface area contributed by atoms with Crippen LogP contribution in [0.3, 0.4) is 0 Å². The molecule has 0 spiro atoms. The van der Waals surface area contributed by atoms with Crippen LogP contribution in [0.2, 0.25) is 0 Å². The zero-order valence-electron chi connectivity index (χ0n) is 9.77. The molecule has 0 atom stereocenters. The monoisotopic (exact) mass is 355 g/mol. The van der Waals surface area contributed by atoms with E-state index in [1.807, 2.05) is 0 Å². The summed E-state index contributed by atoms with van der Waals surface area (Å²) < 4.78 is 99.2. The molecule has 0 saturated carbocycles. The van der Waals surface area contributed by atoms with Crippen LogP contribution in [0.25, 0.3) is 0 Å². The molecule has 0 unspecified atom stereocenters. The van der Waals surface area contributed by atoms with E-state index in [0.29, 0.717) is 0 Å². The second kappa shape index (κ2) is 5.24. The quantitative estimate of drug-likeness (QED) is 0.498. The lowest BCUT2D eigenvalue weighted by atomic mass is 10.2. The first kappa shape index (κ1) is 17.9. The Kier molecular flexibility index (Phi) is 4.26. The van der Waals surface area contributed by atoms with Crippen molar-refractivity contribution in [1.29, 1.82) is 0 Å². The van der Waals surface area contributed by atoms with Gasteiger partial charge in [0.15, 0.2) is 5.03 Å². The van der Waals surface area contributed by atoms with Gasteiger partial charge in [0.2, 0.25) is 0 Å². The van der Waals surface area contributed by atoms with Crippen molar-refractivity contribution < 1.29 is 44.4 Å². The van der Waals surface area contributed by atoms with Gasteiger partial charge in [0.1, 0.15) is 5.56 Å². The zero-order chi connectivity index (χ0) is 17.5. The molecule has 0 bridgehead atoms. The summed E-state index contributed by atoms with van der Waals surface area (Å²) in [6, 6.07) is -0.364. The Labute approximate surface area is 116 Å². The number of hydrogen-bond donors (Lipinski definition) is 1. The number of nitro groups is 1. The van der Waals surface area contributed by atoms with E-state index >= 15 is 0 Å². The fourth-order valence-corrected chi connectivity index (χ4v) is 1.70. The normalized spacial score (nSPS) is 13.0. The minimum atomic E-state index is -5.66. The molecule has 8 nitrogen and oxygen atoms in total. The van der Waals surface area contributed by atoms with E-state index < -0.39 is 49.6 Å².